The molecule has 0 aliphatic heterocycles. The molecule has 0 amide bonds. The number of carbonyl (C=O) groups is 1. The maximum Gasteiger partial charge on any atom is 0.335 e. The highest BCUT2D eigenvalue weighted by molar-refractivity contribution is 5.89. The Morgan fingerprint density at radius 3 is 2.25 bits per heavy atom. The second-order valence-corrected chi connectivity index (χ2v) is 5.62. The molecule has 0 fully saturated rings. The summed E-state index contributed by atoms with van der Waals surface area (Å²) in [6, 6.07) is 21.3. The average Bonchev–Trinajstić information content (AvgIpc) is 2.61. The van der Waals surface area contributed by atoms with E-state index in [9.17, 15) is 4.79 Å². The van der Waals surface area contributed by atoms with E-state index < -0.39 is 5.97 Å². The van der Waals surface area contributed by atoms with E-state index in [0.29, 0.717) is 5.56 Å². The molecule has 0 heterocycles. The van der Waals surface area contributed by atoms with Crippen molar-refractivity contribution in [2.75, 3.05) is 7.11 Å². The summed E-state index contributed by atoms with van der Waals surface area (Å²) in [6.45, 7) is 1.92. The minimum atomic E-state index is -0.913. The van der Waals surface area contributed by atoms with E-state index in [0.717, 1.165) is 33.6 Å². The fraction of sp³-hybridized carbons (Fsp3) is 0.0952. The predicted octanol–water partition coefficient (Wildman–Crippen LogP) is 5.04. The monoisotopic (exact) mass is 318 g/mol. The van der Waals surface area contributed by atoms with Gasteiger partial charge in [0, 0.05) is 5.56 Å². The molecule has 3 aromatic rings. The van der Waals surface area contributed by atoms with Crippen LogP contribution >= 0.6 is 0 Å². The number of benzene rings is 3. The van der Waals surface area contributed by atoms with Gasteiger partial charge in [0.1, 0.15) is 5.75 Å². The van der Waals surface area contributed by atoms with Gasteiger partial charge in [0.2, 0.25) is 0 Å². The van der Waals surface area contributed by atoms with Crippen LogP contribution in [0.25, 0.3) is 22.3 Å². The van der Waals surface area contributed by atoms with Crippen LogP contribution in [-0.2, 0) is 0 Å². The zero-order chi connectivity index (χ0) is 17.1. The molecule has 0 bridgehead atoms. The van der Waals surface area contributed by atoms with Crippen molar-refractivity contribution in [3.63, 3.8) is 0 Å². The Labute approximate surface area is 141 Å². The maximum atomic E-state index is 11.1. The zero-order valence-corrected chi connectivity index (χ0v) is 13.6. The molecule has 0 saturated carbocycles. The van der Waals surface area contributed by atoms with Crippen LogP contribution in [0, 0.1) is 6.92 Å². The van der Waals surface area contributed by atoms with Crippen LogP contribution in [0.4, 0.5) is 0 Å². The quantitative estimate of drug-likeness (QED) is 0.733. The summed E-state index contributed by atoms with van der Waals surface area (Å²) in [7, 11) is 1.66. The van der Waals surface area contributed by atoms with E-state index in [-0.39, 0.29) is 0 Å². The van der Waals surface area contributed by atoms with Gasteiger partial charge in [0.05, 0.1) is 12.7 Å². The molecule has 0 unspecified atom stereocenters. The SMILES string of the molecule is COc1ccc(-c2ccc(C(=O)O)cc2C)cc1-c1ccccc1. The van der Waals surface area contributed by atoms with Gasteiger partial charge in [0.25, 0.3) is 0 Å². The number of aromatic carboxylic acids is 1. The van der Waals surface area contributed by atoms with Gasteiger partial charge in [-0.15, -0.1) is 0 Å². The topological polar surface area (TPSA) is 46.5 Å². The lowest BCUT2D eigenvalue weighted by molar-refractivity contribution is 0.0697. The molecule has 1 N–H and O–H groups in total. The molecule has 3 aromatic carbocycles. The van der Waals surface area contributed by atoms with Gasteiger partial charge in [-0.2, -0.15) is 0 Å². The van der Waals surface area contributed by atoms with Crippen molar-refractivity contribution in [1.82, 2.24) is 0 Å². The van der Waals surface area contributed by atoms with E-state index in [4.69, 9.17) is 9.84 Å². The lowest BCUT2D eigenvalue weighted by Gasteiger charge is -2.13. The Balaban J connectivity index is 2.12. The van der Waals surface area contributed by atoms with Gasteiger partial charge in [-0.1, -0.05) is 42.5 Å². The molecule has 0 atom stereocenters. The van der Waals surface area contributed by atoms with Crippen molar-refractivity contribution in [1.29, 1.82) is 0 Å². The van der Waals surface area contributed by atoms with Crippen molar-refractivity contribution < 1.29 is 14.6 Å². The number of hydrogen-bond acceptors (Lipinski definition) is 2. The minimum Gasteiger partial charge on any atom is -0.496 e. The molecule has 0 aromatic heterocycles. The van der Waals surface area contributed by atoms with Crippen molar-refractivity contribution >= 4 is 5.97 Å². The second kappa shape index (κ2) is 6.59. The van der Waals surface area contributed by atoms with Gasteiger partial charge in [-0.25, -0.2) is 4.79 Å². The number of carboxylic acids is 1. The fourth-order valence-electron chi connectivity index (χ4n) is 2.84. The van der Waals surface area contributed by atoms with Crippen LogP contribution in [0.15, 0.2) is 66.7 Å². The molecule has 3 rings (SSSR count). The molecule has 3 heteroatoms. The molecule has 3 nitrogen and oxygen atoms in total. The second-order valence-electron chi connectivity index (χ2n) is 5.62. The summed E-state index contributed by atoms with van der Waals surface area (Å²) >= 11 is 0. The molecule has 0 spiro atoms. The third-order valence-corrected chi connectivity index (χ3v) is 4.07. The van der Waals surface area contributed by atoms with Gasteiger partial charge in [0.15, 0.2) is 0 Å². The van der Waals surface area contributed by atoms with E-state index in [2.05, 4.69) is 6.07 Å². The standard InChI is InChI=1S/C21H18O3/c1-14-12-17(21(22)23)8-10-18(14)16-9-11-20(24-2)19(13-16)15-6-4-3-5-7-15/h3-13H,1-2H3,(H,22,23). The molecule has 24 heavy (non-hydrogen) atoms. The van der Waals surface area contributed by atoms with Crippen LogP contribution in [0.1, 0.15) is 15.9 Å². The summed E-state index contributed by atoms with van der Waals surface area (Å²) < 4.78 is 5.49. The summed E-state index contributed by atoms with van der Waals surface area (Å²) in [5.74, 6) is -0.103. The number of carboxylic acid groups (broad SMARTS) is 1. The highest BCUT2D eigenvalue weighted by atomic mass is 16.5. The molecule has 0 saturated heterocycles. The van der Waals surface area contributed by atoms with Gasteiger partial charge in [-0.05, 0) is 53.4 Å². The number of rotatable bonds is 4. The highest BCUT2D eigenvalue weighted by Crippen LogP contribution is 2.35. The van der Waals surface area contributed by atoms with Gasteiger partial charge in [-0.3, -0.25) is 0 Å². The highest BCUT2D eigenvalue weighted by Gasteiger charge is 2.11. The van der Waals surface area contributed by atoms with Crippen LogP contribution in [0.2, 0.25) is 0 Å². The number of ether oxygens (including phenoxy) is 1. The van der Waals surface area contributed by atoms with Crippen molar-refractivity contribution in [3.05, 3.63) is 77.9 Å². The minimum absolute atomic E-state index is 0.299. The number of hydrogen-bond donors (Lipinski definition) is 1. The Morgan fingerprint density at radius 2 is 1.62 bits per heavy atom. The van der Waals surface area contributed by atoms with Crippen LogP contribution in [0.3, 0.4) is 0 Å². The third kappa shape index (κ3) is 3.01. The van der Waals surface area contributed by atoms with E-state index in [1.165, 1.54) is 0 Å². The maximum absolute atomic E-state index is 11.1. The third-order valence-electron chi connectivity index (χ3n) is 4.07. The van der Waals surface area contributed by atoms with E-state index >= 15 is 0 Å². The summed E-state index contributed by atoms with van der Waals surface area (Å²) in [5, 5.41) is 9.12. The lowest BCUT2D eigenvalue weighted by Crippen LogP contribution is -1.97. The first-order valence-electron chi connectivity index (χ1n) is 7.68. The van der Waals surface area contributed by atoms with Crippen molar-refractivity contribution in [3.8, 4) is 28.0 Å². The van der Waals surface area contributed by atoms with Crippen molar-refractivity contribution in [2.24, 2.45) is 0 Å². The predicted molar refractivity (Wildman–Crippen MR) is 95.6 cm³/mol. The fourth-order valence-corrected chi connectivity index (χ4v) is 2.84. The lowest BCUT2D eigenvalue weighted by atomic mass is 9.94. The van der Waals surface area contributed by atoms with E-state index in [1.54, 1.807) is 19.2 Å². The van der Waals surface area contributed by atoms with E-state index in [1.807, 2.05) is 55.5 Å². The van der Waals surface area contributed by atoms with Gasteiger partial charge >= 0.3 is 5.97 Å². The molecule has 0 aliphatic carbocycles. The average molecular weight is 318 g/mol. The zero-order valence-electron chi connectivity index (χ0n) is 13.6. The molecule has 120 valence electrons. The van der Waals surface area contributed by atoms with Crippen LogP contribution in [-0.4, -0.2) is 18.2 Å². The number of aryl methyl sites for hydroxylation is 1. The largest absolute Gasteiger partial charge is 0.496 e. The first-order chi connectivity index (χ1) is 11.6. The first kappa shape index (κ1) is 15.8. The normalized spacial score (nSPS) is 10.4. The summed E-state index contributed by atoms with van der Waals surface area (Å²) in [5.41, 5.74) is 5.37. The van der Waals surface area contributed by atoms with Crippen molar-refractivity contribution in [2.45, 2.75) is 6.92 Å². The Morgan fingerprint density at radius 1 is 0.875 bits per heavy atom. The molecule has 0 radical (unpaired) electrons. The summed E-state index contributed by atoms with van der Waals surface area (Å²) in [4.78, 5) is 11.1. The van der Waals surface area contributed by atoms with Crippen LogP contribution in [0.5, 0.6) is 5.75 Å². The Bertz CT molecular complexity index is 883. The van der Waals surface area contributed by atoms with Gasteiger partial charge < -0.3 is 9.84 Å². The van der Waals surface area contributed by atoms with Crippen LogP contribution < -0.4 is 4.74 Å². The molecule has 0 aliphatic rings. The molecular formula is C21H18O3. The molecular weight excluding hydrogens is 300 g/mol. The Kier molecular flexibility index (Phi) is 4.34. The summed E-state index contributed by atoms with van der Waals surface area (Å²) in [6.07, 6.45) is 0. The number of methoxy groups -OCH3 is 1. The smallest absolute Gasteiger partial charge is 0.335 e. The first-order valence-corrected chi connectivity index (χ1v) is 7.68. The Hall–Kier alpha value is -3.07.